The molecule has 0 saturated carbocycles. The van der Waals surface area contributed by atoms with E-state index in [9.17, 15) is 0 Å². The lowest BCUT2D eigenvalue weighted by atomic mass is 9.74. The zero-order chi connectivity index (χ0) is 10.0. The second kappa shape index (κ2) is 4.18. The molecule has 0 radical (unpaired) electrons. The van der Waals surface area contributed by atoms with Crippen LogP contribution in [0.1, 0.15) is 11.1 Å². The Morgan fingerprint density at radius 3 is 1.92 bits per heavy atom. The zero-order valence-electron chi connectivity index (χ0n) is 8.03. The minimum absolute atomic E-state index is 0.623. The van der Waals surface area contributed by atoms with Crippen LogP contribution in [0.3, 0.4) is 0 Å². The minimum Gasteiger partial charge on any atom is -0.423 e. The van der Waals surface area contributed by atoms with E-state index >= 15 is 0 Å². The van der Waals surface area contributed by atoms with Crippen LogP contribution >= 0.6 is 11.8 Å². The maximum Gasteiger partial charge on any atom is 0.488 e. The lowest BCUT2D eigenvalue weighted by Gasteiger charge is -2.10. The molecule has 0 aliphatic carbocycles. The number of aryl methyl sites for hydroxylation is 2. The first-order chi connectivity index (χ1) is 6.06. The second-order valence-electron chi connectivity index (χ2n) is 3.05. The van der Waals surface area contributed by atoms with Crippen molar-refractivity contribution in [3.8, 4) is 0 Å². The molecule has 0 heterocycles. The van der Waals surface area contributed by atoms with Gasteiger partial charge in [0, 0.05) is 4.90 Å². The van der Waals surface area contributed by atoms with E-state index in [1.807, 2.05) is 32.2 Å². The van der Waals surface area contributed by atoms with Gasteiger partial charge in [0.25, 0.3) is 0 Å². The van der Waals surface area contributed by atoms with Crippen LogP contribution in [-0.4, -0.2) is 23.4 Å². The fraction of sp³-hybridized carbons (Fsp3) is 0.333. The normalized spacial score (nSPS) is 10.2. The van der Waals surface area contributed by atoms with Crippen molar-refractivity contribution >= 4 is 24.3 Å². The highest BCUT2D eigenvalue weighted by atomic mass is 32.2. The Bertz CT molecular complexity index is 289. The van der Waals surface area contributed by atoms with Crippen molar-refractivity contribution in [1.82, 2.24) is 0 Å². The SMILES string of the molecule is CSc1cc(C)c(B(O)O)c(C)c1. The van der Waals surface area contributed by atoms with E-state index in [1.165, 1.54) is 0 Å². The number of rotatable bonds is 2. The predicted octanol–water partition coefficient (Wildman–Crippen LogP) is 0.705. The largest absolute Gasteiger partial charge is 0.488 e. The molecule has 0 aliphatic rings. The summed E-state index contributed by atoms with van der Waals surface area (Å²) in [5.74, 6) is 0. The molecule has 0 bridgehead atoms. The van der Waals surface area contributed by atoms with Crippen LogP contribution in [0.4, 0.5) is 0 Å². The molecule has 4 heteroatoms. The molecule has 2 N–H and O–H groups in total. The summed E-state index contributed by atoms with van der Waals surface area (Å²) in [5, 5.41) is 18.2. The summed E-state index contributed by atoms with van der Waals surface area (Å²) in [5.41, 5.74) is 2.48. The molecule has 0 unspecified atom stereocenters. The fourth-order valence-corrected chi connectivity index (χ4v) is 2.05. The highest BCUT2D eigenvalue weighted by Gasteiger charge is 2.16. The Morgan fingerprint density at radius 2 is 1.62 bits per heavy atom. The van der Waals surface area contributed by atoms with Gasteiger partial charge in [-0.2, -0.15) is 0 Å². The topological polar surface area (TPSA) is 40.5 Å². The molecule has 0 amide bonds. The molecule has 0 aliphatic heterocycles. The van der Waals surface area contributed by atoms with Gasteiger partial charge in [-0.05, 0) is 48.8 Å². The van der Waals surface area contributed by atoms with Crippen LogP contribution < -0.4 is 5.46 Å². The van der Waals surface area contributed by atoms with E-state index < -0.39 is 7.12 Å². The smallest absolute Gasteiger partial charge is 0.423 e. The zero-order valence-corrected chi connectivity index (χ0v) is 8.85. The first-order valence-electron chi connectivity index (χ1n) is 4.07. The van der Waals surface area contributed by atoms with E-state index in [4.69, 9.17) is 10.0 Å². The molecule has 0 aromatic heterocycles. The van der Waals surface area contributed by atoms with Crippen LogP contribution in [0.5, 0.6) is 0 Å². The number of benzene rings is 1. The van der Waals surface area contributed by atoms with Gasteiger partial charge < -0.3 is 10.0 Å². The monoisotopic (exact) mass is 196 g/mol. The van der Waals surface area contributed by atoms with Gasteiger partial charge in [-0.25, -0.2) is 0 Å². The van der Waals surface area contributed by atoms with Crippen molar-refractivity contribution in [3.63, 3.8) is 0 Å². The molecule has 70 valence electrons. The molecule has 1 aromatic rings. The average molecular weight is 196 g/mol. The van der Waals surface area contributed by atoms with Gasteiger partial charge in [0.15, 0.2) is 0 Å². The van der Waals surface area contributed by atoms with Crippen LogP contribution in [-0.2, 0) is 0 Å². The summed E-state index contributed by atoms with van der Waals surface area (Å²) in [6, 6.07) is 3.93. The van der Waals surface area contributed by atoms with E-state index in [0.29, 0.717) is 5.46 Å². The van der Waals surface area contributed by atoms with Crippen LogP contribution in [0.25, 0.3) is 0 Å². The Hall–Kier alpha value is -0.445. The van der Waals surface area contributed by atoms with Crippen LogP contribution in [0.15, 0.2) is 17.0 Å². The van der Waals surface area contributed by atoms with Gasteiger partial charge in [0.05, 0.1) is 0 Å². The molecular weight excluding hydrogens is 183 g/mol. The molecule has 13 heavy (non-hydrogen) atoms. The van der Waals surface area contributed by atoms with Gasteiger partial charge in [0.1, 0.15) is 0 Å². The Morgan fingerprint density at radius 1 is 1.15 bits per heavy atom. The molecule has 0 spiro atoms. The predicted molar refractivity (Wildman–Crippen MR) is 57.5 cm³/mol. The summed E-state index contributed by atoms with van der Waals surface area (Å²) in [6.07, 6.45) is 2.00. The van der Waals surface area contributed by atoms with Crippen molar-refractivity contribution in [3.05, 3.63) is 23.3 Å². The molecule has 2 nitrogen and oxygen atoms in total. The maximum absolute atomic E-state index is 9.10. The highest BCUT2D eigenvalue weighted by molar-refractivity contribution is 7.98. The third-order valence-corrected chi connectivity index (χ3v) is 2.77. The van der Waals surface area contributed by atoms with Crippen LogP contribution in [0.2, 0.25) is 0 Å². The summed E-state index contributed by atoms with van der Waals surface area (Å²) < 4.78 is 0. The van der Waals surface area contributed by atoms with E-state index in [-0.39, 0.29) is 0 Å². The highest BCUT2D eigenvalue weighted by Crippen LogP contribution is 2.17. The first-order valence-corrected chi connectivity index (χ1v) is 5.30. The first kappa shape index (κ1) is 10.6. The number of thioether (sulfide) groups is 1. The summed E-state index contributed by atoms with van der Waals surface area (Å²) in [7, 11) is -1.36. The number of hydrogen-bond donors (Lipinski definition) is 2. The van der Waals surface area contributed by atoms with E-state index in [2.05, 4.69) is 0 Å². The molecule has 0 atom stereocenters. The van der Waals surface area contributed by atoms with Gasteiger partial charge in [-0.3, -0.25) is 0 Å². The molecule has 0 fully saturated rings. The summed E-state index contributed by atoms with van der Waals surface area (Å²) >= 11 is 1.65. The minimum atomic E-state index is -1.36. The van der Waals surface area contributed by atoms with E-state index in [1.54, 1.807) is 11.8 Å². The lowest BCUT2D eigenvalue weighted by Crippen LogP contribution is -2.34. The Balaban J connectivity index is 3.23. The van der Waals surface area contributed by atoms with Gasteiger partial charge in [-0.15, -0.1) is 11.8 Å². The van der Waals surface area contributed by atoms with Crippen molar-refractivity contribution in [2.24, 2.45) is 0 Å². The Kier molecular flexibility index (Phi) is 3.42. The summed E-state index contributed by atoms with van der Waals surface area (Å²) in [4.78, 5) is 1.15. The van der Waals surface area contributed by atoms with Crippen molar-refractivity contribution in [1.29, 1.82) is 0 Å². The summed E-state index contributed by atoms with van der Waals surface area (Å²) in [6.45, 7) is 3.78. The second-order valence-corrected chi connectivity index (χ2v) is 3.93. The van der Waals surface area contributed by atoms with Gasteiger partial charge >= 0.3 is 7.12 Å². The third-order valence-electron chi connectivity index (χ3n) is 2.06. The standard InChI is InChI=1S/C9H13BO2S/c1-6-4-8(13-3)5-7(2)9(6)10(11)12/h4-5,11-12H,1-3H3. The Labute approximate surface area is 83.1 Å². The molecule has 0 saturated heterocycles. The third kappa shape index (κ3) is 2.27. The van der Waals surface area contributed by atoms with Crippen molar-refractivity contribution < 1.29 is 10.0 Å². The maximum atomic E-state index is 9.10. The number of hydrogen-bond acceptors (Lipinski definition) is 3. The average Bonchev–Trinajstić information content (AvgIpc) is 2.02. The lowest BCUT2D eigenvalue weighted by molar-refractivity contribution is 0.425. The fourth-order valence-electron chi connectivity index (χ4n) is 1.46. The van der Waals surface area contributed by atoms with Gasteiger partial charge in [0.2, 0.25) is 0 Å². The van der Waals surface area contributed by atoms with Crippen LogP contribution in [0, 0.1) is 13.8 Å². The molecule has 1 aromatic carbocycles. The quantitative estimate of drug-likeness (QED) is 0.540. The van der Waals surface area contributed by atoms with Gasteiger partial charge in [-0.1, -0.05) is 0 Å². The molecule has 1 rings (SSSR count). The van der Waals surface area contributed by atoms with E-state index in [0.717, 1.165) is 16.0 Å². The van der Waals surface area contributed by atoms with Crippen molar-refractivity contribution in [2.75, 3.05) is 6.26 Å². The van der Waals surface area contributed by atoms with Crippen molar-refractivity contribution in [2.45, 2.75) is 18.7 Å². The molecular formula is C9H13BO2S.